The summed E-state index contributed by atoms with van der Waals surface area (Å²) in [5, 5.41) is 5.99. The summed E-state index contributed by atoms with van der Waals surface area (Å²) in [5.74, 6) is 0. The molecule has 0 aromatic heterocycles. The Hall–Kier alpha value is -0.740. The summed E-state index contributed by atoms with van der Waals surface area (Å²) in [5.41, 5.74) is 0.306. The Balaban J connectivity index is 2.73. The minimum Gasteiger partial charge on any atom is -0.333 e. The summed E-state index contributed by atoms with van der Waals surface area (Å²) in [4.78, 5) is 11.6. The summed E-state index contributed by atoms with van der Waals surface area (Å²) in [7, 11) is 0. The van der Waals surface area contributed by atoms with Gasteiger partial charge in [-0.15, -0.1) is 0 Å². The summed E-state index contributed by atoms with van der Waals surface area (Å²) in [6.45, 7) is 5.74. The van der Waals surface area contributed by atoms with Crippen LogP contribution < -0.4 is 10.6 Å². The van der Waals surface area contributed by atoms with Crippen LogP contribution in [0, 0.1) is 0 Å². The number of hydrogen-bond acceptors (Lipinski definition) is 1. The molecule has 0 saturated heterocycles. The lowest BCUT2D eigenvalue weighted by atomic mass is 10.1. The number of anilines is 1. The molecule has 1 aromatic carbocycles. The molecule has 88 valence electrons. The average Bonchev–Trinajstić information content (AvgIpc) is 2.08. The monoisotopic (exact) mass is 304 g/mol. The number of carbonyl (C=O) groups excluding carboxylic acids is 1. The fraction of sp³-hybridized carbons (Fsp3) is 0.364. The Kier molecular flexibility index (Phi) is 4.21. The zero-order valence-electron chi connectivity index (χ0n) is 9.40. The third kappa shape index (κ3) is 4.41. The zero-order valence-corrected chi connectivity index (χ0v) is 11.7. The number of nitrogens with one attached hydrogen (secondary N) is 2. The van der Waals surface area contributed by atoms with Crippen molar-refractivity contribution in [3.05, 3.63) is 27.7 Å². The first-order valence-corrected chi connectivity index (χ1v) is 5.99. The van der Waals surface area contributed by atoms with Gasteiger partial charge in [-0.3, -0.25) is 0 Å². The van der Waals surface area contributed by atoms with Crippen molar-refractivity contribution in [1.29, 1.82) is 0 Å². The Bertz CT molecular complexity index is 401. The van der Waals surface area contributed by atoms with Gasteiger partial charge in [0.15, 0.2) is 0 Å². The lowest BCUT2D eigenvalue weighted by Crippen LogP contribution is -2.43. The lowest BCUT2D eigenvalue weighted by Gasteiger charge is -2.21. The van der Waals surface area contributed by atoms with Crippen molar-refractivity contribution in [1.82, 2.24) is 5.32 Å². The van der Waals surface area contributed by atoms with Crippen LogP contribution in [0.2, 0.25) is 5.02 Å². The molecule has 1 rings (SSSR count). The standard InChI is InChI=1S/C11H14BrClN2O/c1-11(2,3)15-10(16)14-9-6-7(12)4-5-8(9)13/h4-6H,1-3H3,(H2,14,15,16). The number of rotatable bonds is 1. The molecule has 0 fully saturated rings. The zero-order chi connectivity index (χ0) is 12.3. The number of urea groups is 1. The summed E-state index contributed by atoms with van der Waals surface area (Å²) in [6.07, 6.45) is 0. The van der Waals surface area contributed by atoms with E-state index in [9.17, 15) is 4.79 Å². The van der Waals surface area contributed by atoms with Gasteiger partial charge < -0.3 is 10.6 Å². The van der Waals surface area contributed by atoms with Gasteiger partial charge >= 0.3 is 6.03 Å². The molecule has 5 heteroatoms. The molecule has 2 N–H and O–H groups in total. The van der Waals surface area contributed by atoms with Gasteiger partial charge in [-0.2, -0.15) is 0 Å². The molecule has 0 saturated carbocycles. The number of carbonyl (C=O) groups is 1. The first kappa shape index (κ1) is 13.3. The van der Waals surface area contributed by atoms with E-state index in [4.69, 9.17) is 11.6 Å². The number of amides is 2. The fourth-order valence-electron chi connectivity index (χ4n) is 1.09. The van der Waals surface area contributed by atoms with Gasteiger partial charge in [-0.25, -0.2) is 4.79 Å². The lowest BCUT2D eigenvalue weighted by molar-refractivity contribution is 0.244. The highest BCUT2D eigenvalue weighted by molar-refractivity contribution is 9.10. The minimum absolute atomic E-state index is 0.271. The highest BCUT2D eigenvalue weighted by Gasteiger charge is 2.14. The van der Waals surface area contributed by atoms with Crippen molar-refractivity contribution in [2.24, 2.45) is 0 Å². The van der Waals surface area contributed by atoms with Gasteiger partial charge in [0.05, 0.1) is 10.7 Å². The maximum absolute atomic E-state index is 11.6. The van der Waals surface area contributed by atoms with Gasteiger partial charge in [0.1, 0.15) is 0 Å². The smallest absolute Gasteiger partial charge is 0.319 e. The Morgan fingerprint density at radius 3 is 2.56 bits per heavy atom. The molecular formula is C11H14BrClN2O. The van der Waals surface area contributed by atoms with Crippen LogP contribution >= 0.6 is 27.5 Å². The molecule has 16 heavy (non-hydrogen) atoms. The number of halogens is 2. The molecule has 2 amide bonds. The van der Waals surface area contributed by atoms with E-state index < -0.39 is 0 Å². The van der Waals surface area contributed by atoms with Gasteiger partial charge in [-0.1, -0.05) is 27.5 Å². The molecule has 0 spiro atoms. The van der Waals surface area contributed by atoms with Gasteiger partial charge in [-0.05, 0) is 39.0 Å². The molecule has 0 aliphatic rings. The highest BCUT2D eigenvalue weighted by Crippen LogP contribution is 2.25. The van der Waals surface area contributed by atoms with E-state index in [0.29, 0.717) is 10.7 Å². The molecule has 1 aromatic rings. The molecule has 0 unspecified atom stereocenters. The summed E-state index contributed by atoms with van der Waals surface area (Å²) in [6, 6.07) is 5.02. The van der Waals surface area contributed by atoms with Crippen LogP contribution in [0.15, 0.2) is 22.7 Å². The van der Waals surface area contributed by atoms with Gasteiger partial charge in [0.2, 0.25) is 0 Å². The predicted octanol–water partition coefficient (Wildman–Crippen LogP) is 4.02. The molecule has 0 heterocycles. The van der Waals surface area contributed by atoms with Crippen molar-refractivity contribution in [2.75, 3.05) is 5.32 Å². The molecular weight excluding hydrogens is 291 g/mol. The molecule has 0 aliphatic carbocycles. The highest BCUT2D eigenvalue weighted by atomic mass is 79.9. The largest absolute Gasteiger partial charge is 0.333 e. The average molecular weight is 306 g/mol. The summed E-state index contributed by atoms with van der Waals surface area (Å²) < 4.78 is 0.864. The topological polar surface area (TPSA) is 41.1 Å². The third-order valence-electron chi connectivity index (χ3n) is 1.67. The van der Waals surface area contributed by atoms with Crippen LogP contribution in [-0.4, -0.2) is 11.6 Å². The second-order valence-corrected chi connectivity index (χ2v) is 5.78. The number of benzene rings is 1. The van der Waals surface area contributed by atoms with Crippen molar-refractivity contribution in [3.8, 4) is 0 Å². The molecule has 0 radical (unpaired) electrons. The maximum atomic E-state index is 11.6. The second-order valence-electron chi connectivity index (χ2n) is 4.45. The van der Waals surface area contributed by atoms with Crippen LogP contribution in [0.25, 0.3) is 0 Å². The Labute approximate surface area is 109 Å². The molecule has 0 atom stereocenters. The quantitative estimate of drug-likeness (QED) is 0.808. The van der Waals surface area contributed by atoms with Crippen LogP contribution in [0.5, 0.6) is 0 Å². The summed E-state index contributed by atoms with van der Waals surface area (Å²) >= 11 is 9.27. The van der Waals surface area contributed by atoms with E-state index in [2.05, 4.69) is 26.6 Å². The van der Waals surface area contributed by atoms with Crippen LogP contribution in [0.4, 0.5) is 10.5 Å². The van der Waals surface area contributed by atoms with E-state index >= 15 is 0 Å². The first-order valence-electron chi connectivity index (χ1n) is 4.82. The van der Waals surface area contributed by atoms with Crippen molar-refractivity contribution >= 4 is 39.2 Å². The van der Waals surface area contributed by atoms with E-state index in [1.165, 1.54) is 0 Å². The van der Waals surface area contributed by atoms with Crippen LogP contribution in [0.1, 0.15) is 20.8 Å². The van der Waals surface area contributed by atoms with Crippen LogP contribution in [-0.2, 0) is 0 Å². The van der Waals surface area contributed by atoms with Crippen molar-refractivity contribution in [3.63, 3.8) is 0 Å². The SMILES string of the molecule is CC(C)(C)NC(=O)Nc1cc(Br)ccc1Cl. The number of hydrogen-bond donors (Lipinski definition) is 2. The third-order valence-corrected chi connectivity index (χ3v) is 2.49. The van der Waals surface area contributed by atoms with E-state index in [0.717, 1.165) is 4.47 Å². The normalized spacial score (nSPS) is 11.1. The fourth-order valence-corrected chi connectivity index (χ4v) is 1.61. The van der Waals surface area contributed by atoms with Crippen LogP contribution in [0.3, 0.4) is 0 Å². The Morgan fingerprint density at radius 2 is 2.00 bits per heavy atom. The maximum Gasteiger partial charge on any atom is 0.319 e. The van der Waals surface area contributed by atoms with E-state index in [-0.39, 0.29) is 11.6 Å². The molecule has 0 bridgehead atoms. The molecule has 0 aliphatic heterocycles. The second kappa shape index (κ2) is 5.06. The Morgan fingerprint density at radius 1 is 1.38 bits per heavy atom. The minimum atomic E-state index is -0.275. The first-order chi connectivity index (χ1) is 7.28. The van der Waals surface area contributed by atoms with E-state index in [1.807, 2.05) is 26.8 Å². The molecule has 3 nitrogen and oxygen atoms in total. The van der Waals surface area contributed by atoms with Crippen molar-refractivity contribution < 1.29 is 4.79 Å². The van der Waals surface area contributed by atoms with Gasteiger partial charge in [0, 0.05) is 10.0 Å². The predicted molar refractivity (Wildman–Crippen MR) is 71.1 cm³/mol. The van der Waals surface area contributed by atoms with E-state index in [1.54, 1.807) is 12.1 Å². The van der Waals surface area contributed by atoms with Gasteiger partial charge in [0.25, 0.3) is 0 Å². The van der Waals surface area contributed by atoms with Crippen molar-refractivity contribution in [2.45, 2.75) is 26.3 Å².